The Kier molecular flexibility index (Phi) is 4.61. The first-order valence-corrected chi connectivity index (χ1v) is 6.97. The largest absolute Gasteiger partial charge is 0.508 e. The maximum Gasteiger partial charge on any atom is 0.115 e. The Hall–Kier alpha value is -1.06. The fraction of sp³-hybridized carbons (Fsp3) is 0.600. The van der Waals surface area contributed by atoms with Gasteiger partial charge in [-0.25, -0.2) is 0 Å². The van der Waals surface area contributed by atoms with E-state index < -0.39 is 0 Å². The highest BCUT2D eigenvalue weighted by molar-refractivity contribution is 5.27. The number of phenols is 1. The molecule has 0 amide bonds. The highest BCUT2D eigenvalue weighted by Crippen LogP contribution is 2.26. The Bertz CT molecular complexity index is 357. The molecule has 0 saturated carbocycles. The first-order chi connectivity index (χ1) is 8.72. The summed E-state index contributed by atoms with van der Waals surface area (Å²) in [6, 6.07) is 8.69. The Morgan fingerprint density at radius 3 is 2.67 bits per heavy atom. The second-order valence-corrected chi connectivity index (χ2v) is 5.15. The molecule has 2 unspecified atom stereocenters. The van der Waals surface area contributed by atoms with Crippen molar-refractivity contribution in [2.24, 2.45) is 0 Å². The van der Waals surface area contributed by atoms with Crippen LogP contribution in [0.2, 0.25) is 0 Å². The Morgan fingerprint density at radius 2 is 2.11 bits per heavy atom. The quantitative estimate of drug-likeness (QED) is 0.840. The Morgan fingerprint density at radius 1 is 1.39 bits per heavy atom. The van der Waals surface area contributed by atoms with Crippen molar-refractivity contribution < 1.29 is 5.11 Å². The van der Waals surface area contributed by atoms with Gasteiger partial charge in [0.05, 0.1) is 0 Å². The summed E-state index contributed by atoms with van der Waals surface area (Å²) in [5.74, 6) is 0.343. The smallest absolute Gasteiger partial charge is 0.115 e. The maximum absolute atomic E-state index is 9.37. The minimum absolute atomic E-state index is 0.343. The molecule has 100 valence electrons. The number of hydrogen-bond acceptors (Lipinski definition) is 3. The highest BCUT2D eigenvalue weighted by atomic mass is 16.3. The molecule has 2 N–H and O–H groups in total. The molecule has 3 nitrogen and oxygen atoms in total. The third-order valence-corrected chi connectivity index (χ3v) is 3.86. The lowest BCUT2D eigenvalue weighted by molar-refractivity contribution is 0.153. The van der Waals surface area contributed by atoms with E-state index in [1.165, 1.54) is 18.4 Å². The molecule has 1 aromatic rings. The molecule has 2 rings (SSSR count). The molecular formula is C15H24N2O. The molecule has 18 heavy (non-hydrogen) atoms. The van der Waals surface area contributed by atoms with Gasteiger partial charge in [0.1, 0.15) is 5.75 Å². The molecule has 3 heteroatoms. The third-order valence-electron chi connectivity index (χ3n) is 3.86. The lowest BCUT2D eigenvalue weighted by Gasteiger charge is -2.34. The molecule has 0 radical (unpaired) electrons. The van der Waals surface area contributed by atoms with Crippen LogP contribution in [0.15, 0.2) is 24.3 Å². The number of nitrogens with zero attached hydrogens (tertiary/aromatic N) is 1. The lowest BCUT2D eigenvalue weighted by atomic mass is 10.0. The van der Waals surface area contributed by atoms with Crippen LogP contribution in [-0.4, -0.2) is 35.7 Å². The minimum atomic E-state index is 0.343. The predicted octanol–water partition coefficient (Wildman–Crippen LogP) is 2.53. The molecule has 0 spiro atoms. The summed E-state index contributed by atoms with van der Waals surface area (Å²) < 4.78 is 0. The van der Waals surface area contributed by atoms with Crippen molar-refractivity contribution in [3.8, 4) is 5.75 Å². The van der Waals surface area contributed by atoms with Crippen LogP contribution in [0.25, 0.3) is 0 Å². The molecule has 1 fully saturated rings. The summed E-state index contributed by atoms with van der Waals surface area (Å²) in [5.41, 5.74) is 1.29. The molecule has 2 atom stereocenters. The summed E-state index contributed by atoms with van der Waals surface area (Å²) in [6.07, 6.45) is 2.42. The first-order valence-electron chi connectivity index (χ1n) is 6.97. The lowest BCUT2D eigenvalue weighted by Crippen LogP contribution is -2.39. The van der Waals surface area contributed by atoms with E-state index in [2.05, 4.69) is 24.1 Å². The van der Waals surface area contributed by atoms with Crippen molar-refractivity contribution in [1.82, 2.24) is 10.2 Å². The fourth-order valence-corrected chi connectivity index (χ4v) is 2.82. The molecule has 1 saturated heterocycles. The van der Waals surface area contributed by atoms with Gasteiger partial charge >= 0.3 is 0 Å². The standard InChI is InChI=1S/C15H24N2O/c1-3-10-17(14-8-9-16-11-14)12(2)13-4-6-15(18)7-5-13/h4-7,12,14,16,18H,3,8-11H2,1-2H3. The van der Waals surface area contributed by atoms with Crippen LogP contribution in [0.1, 0.15) is 38.3 Å². The van der Waals surface area contributed by atoms with E-state index in [9.17, 15) is 5.11 Å². The molecular weight excluding hydrogens is 224 g/mol. The molecule has 1 aromatic carbocycles. The van der Waals surface area contributed by atoms with E-state index in [1.807, 2.05) is 12.1 Å². The SMILES string of the molecule is CCCN(C1CCNC1)C(C)c1ccc(O)cc1. The number of aromatic hydroxyl groups is 1. The van der Waals surface area contributed by atoms with E-state index >= 15 is 0 Å². The molecule has 1 aliphatic rings. The average molecular weight is 248 g/mol. The van der Waals surface area contributed by atoms with Gasteiger partial charge in [0.15, 0.2) is 0 Å². The minimum Gasteiger partial charge on any atom is -0.508 e. The molecule has 0 bridgehead atoms. The van der Waals surface area contributed by atoms with Gasteiger partial charge in [-0.15, -0.1) is 0 Å². The van der Waals surface area contributed by atoms with E-state index in [4.69, 9.17) is 0 Å². The zero-order valence-corrected chi connectivity index (χ0v) is 11.4. The average Bonchev–Trinajstić information content (AvgIpc) is 2.90. The number of hydrogen-bond donors (Lipinski definition) is 2. The van der Waals surface area contributed by atoms with Crippen molar-refractivity contribution in [3.63, 3.8) is 0 Å². The van der Waals surface area contributed by atoms with Crippen molar-refractivity contribution in [2.75, 3.05) is 19.6 Å². The van der Waals surface area contributed by atoms with Gasteiger partial charge < -0.3 is 10.4 Å². The van der Waals surface area contributed by atoms with Gasteiger partial charge in [0.2, 0.25) is 0 Å². The zero-order chi connectivity index (χ0) is 13.0. The topological polar surface area (TPSA) is 35.5 Å². The number of rotatable bonds is 5. The van der Waals surface area contributed by atoms with Crippen LogP contribution in [0.5, 0.6) is 5.75 Å². The zero-order valence-electron chi connectivity index (χ0n) is 11.4. The fourth-order valence-electron chi connectivity index (χ4n) is 2.82. The van der Waals surface area contributed by atoms with E-state index in [1.54, 1.807) is 12.1 Å². The molecule has 0 aromatic heterocycles. The van der Waals surface area contributed by atoms with Crippen LogP contribution in [0, 0.1) is 0 Å². The van der Waals surface area contributed by atoms with Crippen molar-refractivity contribution in [1.29, 1.82) is 0 Å². The molecule has 1 aliphatic heterocycles. The second kappa shape index (κ2) is 6.21. The molecule has 1 heterocycles. The summed E-state index contributed by atoms with van der Waals surface area (Å²) in [7, 11) is 0. The number of nitrogens with one attached hydrogen (secondary N) is 1. The van der Waals surface area contributed by atoms with Crippen molar-refractivity contribution in [3.05, 3.63) is 29.8 Å². The normalized spacial score (nSPS) is 21.4. The maximum atomic E-state index is 9.37. The van der Waals surface area contributed by atoms with Gasteiger partial charge in [0, 0.05) is 18.6 Å². The number of benzene rings is 1. The van der Waals surface area contributed by atoms with Gasteiger partial charge in [-0.05, 0) is 50.6 Å². The first kappa shape index (κ1) is 13.4. The van der Waals surface area contributed by atoms with Crippen molar-refractivity contribution in [2.45, 2.75) is 38.8 Å². The van der Waals surface area contributed by atoms with Gasteiger partial charge in [-0.3, -0.25) is 4.90 Å². The second-order valence-electron chi connectivity index (χ2n) is 5.15. The third kappa shape index (κ3) is 3.03. The summed E-state index contributed by atoms with van der Waals surface area (Å²) in [4.78, 5) is 2.59. The van der Waals surface area contributed by atoms with Gasteiger partial charge in [-0.1, -0.05) is 19.1 Å². The van der Waals surface area contributed by atoms with E-state index in [0.29, 0.717) is 17.8 Å². The summed E-state index contributed by atoms with van der Waals surface area (Å²) in [5, 5.41) is 12.8. The monoisotopic (exact) mass is 248 g/mol. The number of phenolic OH excluding ortho intramolecular Hbond substituents is 1. The molecule has 0 aliphatic carbocycles. The van der Waals surface area contributed by atoms with Gasteiger partial charge in [-0.2, -0.15) is 0 Å². The van der Waals surface area contributed by atoms with Crippen LogP contribution in [-0.2, 0) is 0 Å². The van der Waals surface area contributed by atoms with E-state index in [-0.39, 0.29) is 0 Å². The highest BCUT2D eigenvalue weighted by Gasteiger charge is 2.26. The Labute approximate surface area is 110 Å². The Balaban J connectivity index is 2.11. The van der Waals surface area contributed by atoms with Crippen molar-refractivity contribution >= 4 is 0 Å². The summed E-state index contributed by atoms with van der Waals surface area (Å²) in [6.45, 7) is 7.86. The predicted molar refractivity (Wildman–Crippen MR) is 74.8 cm³/mol. The summed E-state index contributed by atoms with van der Waals surface area (Å²) >= 11 is 0. The van der Waals surface area contributed by atoms with Crippen LogP contribution >= 0.6 is 0 Å². The van der Waals surface area contributed by atoms with Crippen LogP contribution < -0.4 is 5.32 Å². The van der Waals surface area contributed by atoms with Crippen LogP contribution in [0.4, 0.5) is 0 Å². The van der Waals surface area contributed by atoms with Crippen LogP contribution in [0.3, 0.4) is 0 Å². The van der Waals surface area contributed by atoms with Gasteiger partial charge in [0.25, 0.3) is 0 Å². The van der Waals surface area contributed by atoms with E-state index in [0.717, 1.165) is 19.6 Å².